The minimum absolute atomic E-state index is 0.0249. The second-order valence-corrected chi connectivity index (χ2v) is 12.1. The van der Waals surface area contributed by atoms with E-state index in [0.29, 0.717) is 6.42 Å². The van der Waals surface area contributed by atoms with Crippen molar-refractivity contribution in [3.05, 3.63) is 12.2 Å². The molecule has 0 saturated carbocycles. The predicted octanol–water partition coefficient (Wildman–Crippen LogP) is 0.781. The largest absolute Gasteiger partial charge is 0.394 e. The number of hydrogen-bond acceptors (Lipinski definition) is 12. The molecule has 45 heavy (non-hydrogen) atoms. The Kier molecular flexibility index (Phi) is 20.6. The van der Waals surface area contributed by atoms with E-state index in [1.165, 1.54) is 44.9 Å². The number of aliphatic hydroxyl groups excluding tert-OH is 7. The summed E-state index contributed by atoms with van der Waals surface area (Å²) in [5.41, 5.74) is 0. The lowest BCUT2D eigenvalue weighted by Gasteiger charge is -2.42. The average molecular weight is 650 g/mol. The van der Waals surface area contributed by atoms with E-state index in [4.69, 9.17) is 18.9 Å². The molecule has 2 fully saturated rings. The van der Waals surface area contributed by atoms with Crippen molar-refractivity contribution in [3.63, 3.8) is 0 Å². The molecule has 2 heterocycles. The second-order valence-electron chi connectivity index (χ2n) is 12.1. The molecule has 2 aliphatic rings. The van der Waals surface area contributed by atoms with Gasteiger partial charge in [0.15, 0.2) is 12.6 Å². The van der Waals surface area contributed by atoms with E-state index in [-0.39, 0.29) is 19.1 Å². The van der Waals surface area contributed by atoms with Crippen LogP contribution in [0.1, 0.15) is 96.8 Å². The minimum Gasteiger partial charge on any atom is -0.394 e. The molecule has 0 radical (unpaired) electrons. The first-order valence-corrected chi connectivity index (χ1v) is 16.9. The fraction of sp³-hybridized carbons (Fsp3) is 0.906. The summed E-state index contributed by atoms with van der Waals surface area (Å²) < 4.78 is 21.7. The van der Waals surface area contributed by atoms with Crippen LogP contribution in [-0.4, -0.2) is 129 Å². The average Bonchev–Trinajstić information content (AvgIpc) is 3.03. The number of carbonyl (C=O) groups is 1. The number of amides is 1. The first kappa shape index (κ1) is 39.9. The van der Waals surface area contributed by atoms with Crippen molar-refractivity contribution in [2.45, 2.75) is 158 Å². The van der Waals surface area contributed by atoms with E-state index in [1.54, 1.807) is 0 Å². The number of rotatable bonds is 23. The van der Waals surface area contributed by atoms with Gasteiger partial charge in [0.05, 0.1) is 19.8 Å². The van der Waals surface area contributed by atoms with Crippen LogP contribution in [0.2, 0.25) is 0 Å². The van der Waals surface area contributed by atoms with E-state index in [0.717, 1.165) is 38.5 Å². The fourth-order valence-corrected chi connectivity index (χ4v) is 5.40. The van der Waals surface area contributed by atoms with Gasteiger partial charge in [-0.15, -0.1) is 0 Å². The minimum atomic E-state index is -1.65. The Balaban J connectivity index is 1.54. The highest BCUT2D eigenvalue weighted by Gasteiger charge is 2.47. The number of nitrogens with one attached hydrogen (secondary N) is 1. The topological polar surface area (TPSA) is 208 Å². The van der Waals surface area contributed by atoms with Gasteiger partial charge in [0.2, 0.25) is 5.91 Å². The first-order valence-electron chi connectivity index (χ1n) is 16.9. The van der Waals surface area contributed by atoms with E-state index >= 15 is 0 Å². The maximum atomic E-state index is 12.2. The molecule has 1 amide bonds. The molecule has 0 aromatic heterocycles. The third-order valence-electron chi connectivity index (χ3n) is 8.31. The standard InChI is InChI=1S/C32H59NO12/c1-2-3-4-5-6-7-8-9-10-11-12-13-14-15-16-17-24(35)33-18-19-42-31-29(40)28(39)26(37)23(45-31)21-43-32-30(41)27(38)25(36)22(20-34)44-32/h9-10,22-23,25-32,34,36-41H,2-8,11-21H2,1H3,(H,33,35)/b10-9-/t22-,23-,25+,26-,27+,28+,29-,30-,31-,32+/m1/s1. The highest BCUT2D eigenvalue weighted by atomic mass is 16.7. The molecule has 0 aromatic rings. The van der Waals surface area contributed by atoms with Crippen molar-refractivity contribution in [1.29, 1.82) is 0 Å². The monoisotopic (exact) mass is 649 g/mol. The molecule has 8 N–H and O–H groups in total. The second kappa shape index (κ2) is 23.2. The van der Waals surface area contributed by atoms with E-state index < -0.39 is 74.6 Å². The van der Waals surface area contributed by atoms with Crippen molar-refractivity contribution in [2.24, 2.45) is 0 Å². The van der Waals surface area contributed by atoms with Gasteiger partial charge in [0, 0.05) is 13.0 Å². The molecule has 0 unspecified atom stereocenters. The van der Waals surface area contributed by atoms with Crippen molar-refractivity contribution >= 4 is 5.91 Å². The molecule has 0 aliphatic carbocycles. The van der Waals surface area contributed by atoms with Gasteiger partial charge in [-0.3, -0.25) is 4.79 Å². The number of carbonyl (C=O) groups excluding carboxylic acids is 1. The Hall–Kier alpha value is -1.23. The van der Waals surface area contributed by atoms with Gasteiger partial charge in [-0.1, -0.05) is 70.4 Å². The third kappa shape index (κ3) is 14.6. The molecule has 13 heteroatoms. The third-order valence-corrected chi connectivity index (χ3v) is 8.31. The van der Waals surface area contributed by atoms with Crippen molar-refractivity contribution < 1.29 is 59.5 Å². The number of allylic oxidation sites excluding steroid dienone is 2. The molecule has 10 atom stereocenters. The van der Waals surface area contributed by atoms with Gasteiger partial charge in [-0.05, 0) is 32.1 Å². The molecule has 2 saturated heterocycles. The number of hydrogen-bond donors (Lipinski definition) is 8. The maximum Gasteiger partial charge on any atom is 0.220 e. The van der Waals surface area contributed by atoms with Crippen LogP contribution in [0.15, 0.2) is 12.2 Å². The Morgan fingerprint density at radius 1 is 0.667 bits per heavy atom. The summed E-state index contributed by atoms with van der Waals surface area (Å²) in [4.78, 5) is 12.2. The van der Waals surface area contributed by atoms with E-state index in [2.05, 4.69) is 24.4 Å². The van der Waals surface area contributed by atoms with Crippen LogP contribution in [0, 0.1) is 0 Å². The quantitative estimate of drug-likeness (QED) is 0.0571. The highest BCUT2D eigenvalue weighted by Crippen LogP contribution is 2.26. The summed E-state index contributed by atoms with van der Waals surface area (Å²) in [6.45, 7) is 1.29. The zero-order chi connectivity index (χ0) is 33.0. The van der Waals surface area contributed by atoms with Crippen LogP contribution < -0.4 is 5.32 Å². The lowest BCUT2D eigenvalue weighted by molar-refractivity contribution is -0.330. The van der Waals surface area contributed by atoms with Crippen LogP contribution in [0.4, 0.5) is 0 Å². The first-order chi connectivity index (χ1) is 21.7. The SMILES string of the molecule is CCCCCCCC/C=C\CCCCCCCC(=O)NCCO[C@@H]1O[C@H](CO[C@H]2O[C@H](CO)[C@H](O)[C@H](O)[C@H]2O)[C@@H](O)[C@H](O)[C@H]1O. The molecule has 264 valence electrons. The Morgan fingerprint density at radius 3 is 1.78 bits per heavy atom. The van der Waals surface area contributed by atoms with Crippen molar-refractivity contribution in [2.75, 3.05) is 26.4 Å². The fourth-order valence-electron chi connectivity index (χ4n) is 5.40. The van der Waals surface area contributed by atoms with E-state index in [1.807, 2.05) is 0 Å². The van der Waals surface area contributed by atoms with Gasteiger partial charge in [0.1, 0.15) is 48.8 Å². The van der Waals surface area contributed by atoms with Crippen LogP contribution in [0.5, 0.6) is 0 Å². The smallest absolute Gasteiger partial charge is 0.220 e. The predicted molar refractivity (Wildman–Crippen MR) is 165 cm³/mol. The maximum absolute atomic E-state index is 12.2. The summed E-state index contributed by atoms with van der Waals surface area (Å²) in [5.74, 6) is -0.109. The summed E-state index contributed by atoms with van der Waals surface area (Å²) in [6.07, 6.45) is 5.60. The van der Waals surface area contributed by atoms with Crippen LogP contribution >= 0.6 is 0 Å². The zero-order valence-corrected chi connectivity index (χ0v) is 26.8. The van der Waals surface area contributed by atoms with Crippen molar-refractivity contribution in [3.8, 4) is 0 Å². The molecule has 0 aromatic carbocycles. The summed E-state index contributed by atoms with van der Waals surface area (Å²) in [7, 11) is 0. The van der Waals surface area contributed by atoms with Gasteiger partial charge in [0.25, 0.3) is 0 Å². The van der Waals surface area contributed by atoms with Gasteiger partial charge < -0.3 is 60.0 Å². The Labute approximate surface area is 267 Å². The molecule has 0 bridgehead atoms. The lowest BCUT2D eigenvalue weighted by Crippen LogP contribution is -2.61. The van der Waals surface area contributed by atoms with Gasteiger partial charge >= 0.3 is 0 Å². The Morgan fingerprint density at radius 2 is 1.18 bits per heavy atom. The molecule has 2 aliphatic heterocycles. The number of aliphatic hydroxyl groups is 7. The van der Waals surface area contributed by atoms with Crippen LogP contribution in [-0.2, 0) is 23.7 Å². The van der Waals surface area contributed by atoms with E-state index in [9.17, 15) is 40.5 Å². The van der Waals surface area contributed by atoms with Crippen LogP contribution in [0.3, 0.4) is 0 Å². The normalized spacial score (nSPS) is 32.3. The zero-order valence-electron chi connectivity index (χ0n) is 26.8. The van der Waals surface area contributed by atoms with Crippen LogP contribution in [0.25, 0.3) is 0 Å². The number of unbranched alkanes of at least 4 members (excludes halogenated alkanes) is 11. The summed E-state index contributed by atoms with van der Waals surface area (Å²) in [5, 5.41) is 72.8. The molecular weight excluding hydrogens is 590 g/mol. The van der Waals surface area contributed by atoms with Gasteiger partial charge in [-0.25, -0.2) is 0 Å². The van der Waals surface area contributed by atoms with Gasteiger partial charge in [-0.2, -0.15) is 0 Å². The molecular formula is C32H59NO12. The summed E-state index contributed by atoms with van der Waals surface area (Å²) in [6, 6.07) is 0. The lowest BCUT2D eigenvalue weighted by atomic mass is 9.98. The summed E-state index contributed by atoms with van der Waals surface area (Å²) >= 11 is 0. The highest BCUT2D eigenvalue weighted by molar-refractivity contribution is 5.75. The molecule has 0 spiro atoms. The number of ether oxygens (including phenoxy) is 4. The van der Waals surface area contributed by atoms with Crippen molar-refractivity contribution in [1.82, 2.24) is 5.32 Å². The molecule has 2 rings (SSSR count). The molecule has 13 nitrogen and oxygen atoms in total. The Bertz CT molecular complexity index is 802.